The van der Waals surface area contributed by atoms with Crippen molar-refractivity contribution in [1.29, 1.82) is 0 Å². The Balaban J connectivity index is 1.99. The quantitative estimate of drug-likeness (QED) is 0.502. The number of non-ortho nitro benzene ring substituents is 1. The summed E-state index contributed by atoms with van der Waals surface area (Å²) in [7, 11) is 0. The molecule has 0 radical (unpaired) electrons. The van der Waals surface area contributed by atoms with Crippen LogP contribution in [-0.2, 0) is 11.2 Å². The van der Waals surface area contributed by atoms with Gasteiger partial charge < -0.3 is 10.4 Å². The number of nitrogens with zero attached hydrogens (tertiary/aromatic N) is 1. The minimum atomic E-state index is -0.584. The van der Waals surface area contributed by atoms with E-state index in [2.05, 4.69) is 5.32 Å². The number of rotatable bonds is 5. The maximum absolute atomic E-state index is 11.8. The van der Waals surface area contributed by atoms with Gasteiger partial charge >= 0.3 is 0 Å². The number of anilines is 1. The number of carbonyl (C=O) groups excluding carboxylic acids is 1. The van der Waals surface area contributed by atoms with Gasteiger partial charge in [0.1, 0.15) is 5.75 Å². The summed E-state index contributed by atoms with van der Waals surface area (Å²) in [4.78, 5) is 21.9. The lowest BCUT2D eigenvalue weighted by Crippen LogP contribution is -2.12. The molecule has 0 aliphatic heterocycles. The molecule has 108 valence electrons. The van der Waals surface area contributed by atoms with Crippen LogP contribution in [0.2, 0.25) is 0 Å². The van der Waals surface area contributed by atoms with Gasteiger partial charge in [-0.05, 0) is 18.1 Å². The van der Waals surface area contributed by atoms with E-state index in [4.69, 9.17) is 0 Å². The third-order valence-corrected chi connectivity index (χ3v) is 2.95. The van der Waals surface area contributed by atoms with Crippen molar-refractivity contribution in [1.82, 2.24) is 0 Å². The Bertz CT molecular complexity index is 656. The lowest BCUT2D eigenvalue weighted by atomic mass is 10.1. The number of nitrogens with one attached hydrogen (secondary N) is 1. The predicted octanol–water partition coefficient (Wildman–Crippen LogP) is 2.87. The molecule has 0 spiro atoms. The zero-order valence-electron chi connectivity index (χ0n) is 11.2. The van der Waals surface area contributed by atoms with E-state index in [1.165, 1.54) is 12.1 Å². The number of nitro groups is 1. The van der Waals surface area contributed by atoms with Crippen molar-refractivity contribution in [2.75, 3.05) is 5.32 Å². The topological polar surface area (TPSA) is 92.5 Å². The van der Waals surface area contributed by atoms with Crippen molar-refractivity contribution in [2.24, 2.45) is 0 Å². The van der Waals surface area contributed by atoms with Crippen molar-refractivity contribution >= 4 is 17.3 Å². The molecule has 6 nitrogen and oxygen atoms in total. The first-order chi connectivity index (χ1) is 10.1. The molecule has 0 saturated heterocycles. The van der Waals surface area contributed by atoms with E-state index < -0.39 is 4.92 Å². The summed E-state index contributed by atoms with van der Waals surface area (Å²) in [5, 5.41) is 22.8. The number of carbonyl (C=O) groups is 1. The summed E-state index contributed by atoms with van der Waals surface area (Å²) in [6.45, 7) is 0. The summed E-state index contributed by atoms with van der Waals surface area (Å²) in [5.41, 5.74) is 0.879. The average molecular weight is 286 g/mol. The van der Waals surface area contributed by atoms with Crippen molar-refractivity contribution in [3.63, 3.8) is 0 Å². The molecule has 2 rings (SSSR count). The number of phenolic OH excluding ortho intramolecular Hbond substituents is 1. The van der Waals surface area contributed by atoms with Gasteiger partial charge in [-0.2, -0.15) is 0 Å². The van der Waals surface area contributed by atoms with Crippen molar-refractivity contribution in [2.45, 2.75) is 12.8 Å². The number of aromatic hydroxyl groups is 1. The fourth-order valence-electron chi connectivity index (χ4n) is 1.85. The summed E-state index contributed by atoms with van der Waals surface area (Å²) in [6.07, 6.45) is 0.786. The third kappa shape index (κ3) is 4.04. The van der Waals surface area contributed by atoms with Crippen LogP contribution in [0, 0.1) is 10.1 Å². The second kappa shape index (κ2) is 6.51. The highest BCUT2D eigenvalue weighted by atomic mass is 16.6. The van der Waals surface area contributed by atoms with Crippen molar-refractivity contribution < 1.29 is 14.8 Å². The fourth-order valence-corrected chi connectivity index (χ4v) is 1.85. The number of nitro benzene ring substituents is 1. The lowest BCUT2D eigenvalue weighted by Gasteiger charge is -2.07. The molecule has 0 aliphatic rings. The first-order valence-electron chi connectivity index (χ1n) is 6.37. The highest BCUT2D eigenvalue weighted by Crippen LogP contribution is 2.27. The molecular formula is C15H14N2O4. The first kappa shape index (κ1) is 14.5. The van der Waals surface area contributed by atoms with Gasteiger partial charge in [-0.3, -0.25) is 14.9 Å². The number of aryl methyl sites for hydroxylation is 1. The monoisotopic (exact) mass is 286 g/mol. The largest absolute Gasteiger partial charge is 0.506 e. The van der Waals surface area contributed by atoms with E-state index in [0.717, 1.165) is 11.6 Å². The van der Waals surface area contributed by atoms with Crippen LogP contribution in [-0.4, -0.2) is 15.9 Å². The van der Waals surface area contributed by atoms with Crippen LogP contribution in [0.15, 0.2) is 48.5 Å². The standard InChI is InChI=1S/C15H14N2O4/c18-14-8-7-12(17(20)21)10-13(14)16-15(19)9-6-11-4-2-1-3-5-11/h1-5,7-8,10,18H,6,9H2,(H,16,19). The number of benzene rings is 2. The molecular weight excluding hydrogens is 272 g/mol. The van der Waals surface area contributed by atoms with E-state index in [1.54, 1.807) is 0 Å². The Kier molecular flexibility index (Phi) is 4.50. The van der Waals surface area contributed by atoms with Gasteiger partial charge in [0.05, 0.1) is 10.6 Å². The lowest BCUT2D eigenvalue weighted by molar-refractivity contribution is -0.384. The van der Waals surface area contributed by atoms with E-state index in [0.29, 0.717) is 6.42 Å². The van der Waals surface area contributed by atoms with E-state index >= 15 is 0 Å². The highest BCUT2D eigenvalue weighted by Gasteiger charge is 2.12. The molecule has 0 unspecified atom stereocenters. The van der Waals surface area contributed by atoms with Gasteiger partial charge in [-0.1, -0.05) is 30.3 Å². The van der Waals surface area contributed by atoms with Crippen LogP contribution in [0.5, 0.6) is 5.75 Å². The molecule has 0 atom stereocenters. The Morgan fingerprint density at radius 3 is 2.57 bits per heavy atom. The van der Waals surface area contributed by atoms with E-state index in [9.17, 15) is 20.0 Å². The van der Waals surface area contributed by atoms with Gasteiger partial charge in [0.25, 0.3) is 5.69 Å². The summed E-state index contributed by atoms with van der Waals surface area (Å²) >= 11 is 0. The molecule has 0 bridgehead atoms. The molecule has 0 saturated carbocycles. The predicted molar refractivity (Wildman–Crippen MR) is 78.2 cm³/mol. The molecule has 21 heavy (non-hydrogen) atoms. The molecule has 1 amide bonds. The van der Waals surface area contributed by atoms with Gasteiger partial charge in [0.15, 0.2) is 0 Å². The SMILES string of the molecule is O=C(CCc1ccccc1)Nc1cc([N+](=O)[O-])ccc1O. The second-order valence-corrected chi connectivity index (χ2v) is 4.49. The van der Waals surface area contributed by atoms with Gasteiger partial charge in [-0.25, -0.2) is 0 Å². The Morgan fingerprint density at radius 1 is 1.19 bits per heavy atom. The molecule has 0 aliphatic carbocycles. The molecule has 6 heteroatoms. The zero-order valence-corrected chi connectivity index (χ0v) is 11.2. The minimum absolute atomic E-state index is 0.0438. The molecule has 0 aromatic heterocycles. The van der Waals surface area contributed by atoms with Crippen LogP contribution in [0.4, 0.5) is 11.4 Å². The van der Waals surface area contributed by atoms with Gasteiger partial charge in [0, 0.05) is 18.6 Å². The minimum Gasteiger partial charge on any atom is -0.506 e. The Hall–Kier alpha value is -2.89. The van der Waals surface area contributed by atoms with Gasteiger partial charge in [0.2, 0.25) is 5.91 Å². The fraction of sp³-hybridized carbons (Fsp3) is 0.133. The second-order valence-electron chi connectivity index (χ2n) is 4.49. The van der Waals surface area contributed by atoms with E-state index in [-0.39, 0.29) is 29.5 Å². The van der Waals surface area contributed by atoms with Crippen LogP contribution in [0.1, 0.15) is 12.0 Å². The molecule has 2 aromatic carbocycles. The number of phenols is 1. The smallest absolute Gasteiger partial charge is 0.271 e. The van der Waals surface area contributed by atoms with E-state index in [1.807, 2.05) is 30.3 Å². The zero-order chi connectivity index (χ0) is 15.2. The summed E-state index contributed by atoms with van der Waals surface area (Å²) < 4.78 is 0. The summed E-state index contributed by atoms with van der Waals surface area (Å²) in [6, 6.07) is 13.0. The van der Waals surface area contributed by atoms with Crippen LogP contribution in [0.3, 0.4) is 0 Å². The van der Waals surface area contributed by atoms with Crippen LogP contribution < -0.4 is 5.32 Å². The normalized spacial score (nSPS) is 10.1. The first-order valence-corrected chi connectivity index (χ1v) is 6.37. The number of amides is 1. The molecule has 2 aromatic rings. The van der Waals surface area contributed by atoms with Gasteiger partial charge in [-0.15, -0.1) is 0 Å². The van der Waals surface area contributed by atoms with Crippen molar-refractivity contribution in [3.05, 3.63) is 64.2 Å². The van der Waals surface area contributed by atoms with Crippen LogP contribution >= 0.6 is 0 Å². The Morgan fingerprint density at radius 2 is 1.90 bits per heavy atom. The molecule has 0 heterocycles. The third-order valence-electron chi connectivity index (χ3n) is 2.95. The average Bonchev–Trinajstić information content (AvgIpc) is 2.48. The number of hydrogen-bond acceptors (Lipinski definition) is 4. The maximum Gasteiger partial charge on any atom is 0.271 e. The van der Waals surface area contributed by atoms with Crippen LogP contribution in [0.25, 0.3) is 0 Å². The maximum atomic E-state index is 11.8. The molecule has 2 N–H and O–H groups in total. The van der Waals surface area contributed by atoms with Crippen molar-refractivity contribution in [3.8, 4) is 5.75 Å². The summed E-state index contributed by atoms with van der Waals surface area (Å²) in [5.74, 6) is -0.511. The molecule has 0 fully saturated rings. The Labute approximate surface area is 121 Å². The number of hydrogen-bond donors (Lipinski definition) is 2. The highest BCUT2D eigenvalue weighted by molar-refractivity contribution is 5.92.